The number of likely N-dealkylation sites (tertiary alicyclic amines) is 1. The number of carbonyl (C=O) groups excluding carboxylic acids is 1. The largest absolute Gasteiger partial charge is 0.358 e. The van der Waals surface area contributed by atoms with E-state index in [1.807, 2.05) is 7.05 Å². The van der Waals surface area contributed by atoms with Gasteiger partial charge in [0.1, 0.15) is 0 Å². The van der Waals surface area contributed by atoms with Crippen LogP contribution in [0.3, 0.4) is 0 Å². The highest BCUT2D eigenvalue weighted by Crippen LogP contribution is 2.14. The summed E-state index contributed by atoms with van der Waals surface area (Å²) < 4.78 is 0. The van der Waals surface area contributed by atoms with E-state index >= 15 is 0 Å². The van der Waals surface area contributed by atoms with Gasteiger partial charge in [-0.15, -0.1) is 0 Å². The molecule has 0 aromatic heterocycles. The molecule has 1 heterocycles. The second-order valence-electron chi connectivity index (χ2n) is 3.11. The zero-order chi connectivity index (χ0) is 8.27. The molecule has 1 aliphatic rings. The standard InChI is InChI=1S/C8H16N2O/c1-9-8(11)7-5-3-4-6-10(7)2/h7H,3-6H2,1-2H3,(H,9,11)/t7-/m0/s1. The summed E-state index contributed by atoms with van der Waals surface area (Å²) in [6, 6.07) is 0.119. The molecule has 0 unspecified atom stereocenters. The van der Waals surface area contributed by atoms with Gasteiger partial charge >= 0.3 is 0 Å². The Morgan fingerprint density at radius 1 is 1.55 bits per heavy atom. The van der Waals surface area contributed by atoms with Gasteiger partial charge < -0.3 is 5.32 Å². The van der Waals surface area contributed by atoms with Gasteiger partial charge in [0.25, 0.3) is 0 Å². The van der Waals surface area contributed by atoms with Gasteiger partial charge in [-0.3, -0.25) is 9.69 Å². The first-order valence-corrected chi connectivity index (χ1v) is 4.17. The fourth-order valence-corrected chi connectivity index (χ4v) is 1.57. The van der Waals surface area contributed by atoms with Crippen molar-refractivity contribution in [2.45, 2.75) is 25.3 Å². The predicted octanol–water partition coefficient (Wildman–Crippen LogP) is 0.217. The van der Waals surface area contributed by atoms with Crippen LogP contribution in [-0.2, 0) is 4.79 Å². The van der Waals surface area contributed by atoms with E-state index in [9.17, 15) is 4.79 Å². The van der Waals surface area contributed by atoms with E-state index in [1.165, 1.54) is 12.8 Å². The van der Waals surface area contributed by atoms with Crippen molar-refractivity contribution in [3.8, 4) is 0 Å². The Morgan fingerprint density at radius 2 is 2.27 bits per heavy atom. The highest BCUT2D eigenvalue weighted by molar-refractivity contribution is 5.81. The molecule has 11 heavy (non-hydrogen) atoms. The lowest BCUT2D eigenvalue weighted by Crippen LogP contribution is -2.46. The lowest BCUT2D eigenvalue weighted by Gasteiger charge is -2.30. The van der Waals surface area contributed by atoms with E-state index in [2.05, 4.69) is 10.2 Å². The second-order valence-corrected chi connectivity index (χ2v) is 3.11. The van der Waals surface area contributed by atoms with Crippen LogP contribution in [0.25, 0.3) is 0 Å². The van der Waals surface area contributed by atoms with E-state index in [1.54, 1.807) is 7.05 Å². The van der Waals surface area contributed by atoms with Crippen LogP contribution < -0.4 is 5.32 Å². The molecule has 3 heteroatoms. The summed E-state index contributed by atoms with van der Waals surface area (Å²) in [6.45, 7) is 1.05. The van der Waals surface area contributed by atoms with Crippen molar-refractivity contribution in [2.75, 3.05) is 20.6 Å². The number of piperidine rings is 1. The van der Waals surface area contributed by atoms with Crippen molar-refractivity contribution in [1.82, 2.24) is 10.2 Å². The summed E-state index contributed by atoms with van der Waals surface area (Å²) >= 11 is 0. The van der Waals surface area contributed by atoms with Gasteiger partial charge in [-0.2, -0.15) is 0 Å². The maximum absolute atomic E-state index is 11.2. The van der Waals surface area contributed by atoms with E-state index in [-0.39, 0.29) is 11.9 Å². The Kier molecular flexibility index (Phi) is 2.88. The molecule has 0 aromatic rings. The average molecular weight is 156 g/mol. The highest BCUT2D eigenvalue weighted by atomic mass is 16.2. The van der Waals surface area contributed by atoms with Crippen molar-refractivity contribution in [3.63, 3.8) is 0 Å². The van der Waals surface area contributed by atoms with Crippen molar-refractivity contribution >= 4 is 5.91 Å². The van der Waals surface area contributed by atoms with E-state index < -0.39 is 0 Å². The number of hydrogen-bond acceptors (Lipinski definition) is 2. The lowest BCUT2D eigenvalue weighted by atomic mass is 10.0. The SMILES string of the molecule is CNC(=O)[C@@H]1CCCCN1C. The van der Waals surface area contributed by atoms with Gasteiger partial charge in [0.15, 0.2) is 0 Å². The molecule has 3 nitrogen and oxygen atoms in total. The molecule has 1 amide bonds. The maximum Gasteiger partial charge on any atom is 0.237 e. The number of amides is 1. The molecular weight excluding hydrogens is 140 g/mol. The van der Waals surface area contributed by atoms with Gasteiger partial charge in [0.2, 0.25) is 5.91 Å². The van der Waals surface area contributed by atoms with Crippen LogP contribution >= 0.6 is 0 Å². The first-order chi connectivity index (χ1) is 5.25. The van der Waals surface area contributed by atoms with E-state index in [4.69, 9.17) is 0 Å². The first kappa shape index (κ1) is 8.53. The molecule has 1 atom stereocenters. The maximum atomic E-state index is 11.2. The number of nitrogens with zero attached hydrogens (tertiary/aromatic N) is 1. The van der Waals surface area contributed by atoms with Crippen LogP contribution in [-0.4, -0.2) is 37.5 Å². The average Bonchev–Trinajstić information content (AvgIpc) is 2.04. The summed E-state index contributed by atoms with van der Waals surface area (Å²) in [5.41, 5.74) is 0. The van der Waals surface area contributed by atoms with Crippen molar-refractivity contribution in [1.29, 1.82) is 0 Å². The molecule has 0 bridgehead atoms. The number of rotatable bonds is 1. The predicted molar refractivity (Wildman–Crippen MR) is 44.3 cm³/mol. The zero-order valence-corrected chi connectivity index (χ0v) is 7.26. The van der Waals surface area contributed by atoms with Gasteiger partial charge in [-0.05, 0) is 26.4 Å². The monoisotopic (exact) mass is 156 g/mol. The van der Waals surface area contributed by atoms with Crippen LogP contribution in [0, 0.1) is 0 Å². The van der Waals surface area contributed by atoms with Crippen LogP contribution in [0.2, 0.25) is 0 Å². The molecule has 1 fully saturated rings. The normalized spacial score (nSPS) is 26.5. The molecule has 0 spiro atoms. The Labute approximate surface area is 67.8 Å². The smallest absolute Gasteiger partial charge is 0.237 e. The fraction of sp³-hybridized carbons (Fsp3) is 0.875. The van der Waals surface area contributed by atoms with Gasteiger partial charge in [-0.25, -0.2) is 0 Å². The molecule has 1 rings (SSSR count). The van der Waals surface area contributed by atoms with Gasteiger partial charge in [0.05, 0.1) is 6.04 Å². The fourth-order valence-electron chi connectivity index (χ4n) is 1.57. The molecule has 64 valence electrons. The molecule has 0 radical (unpaired) electrons. The van der Waals surface area contributed by atoms with Gasteiger partial charge in [-0.1, -0.05) is 6.42 Å². The quantitative estimate of drug-likeness (QED) is 0.589. The summed E-state index contributed by atoms with van der Waals surface area (Å²) in [5.74, 6) is 0.159. The summed E-state index contributed by atoms with van der Waals surface area (Å²) in [6.07, 6.45) is 3.42. The molecule has 1 saturated heterocycles. The topological polar surface area (TPSA) is 32.3 Å². The minimum absolute atomic E-state index is 0.119. The van der Waals surface area contributed by atoms with Crippen molar-refractivity contribution in [3.05, 3.63) is 0 Å². The third kappa shape index (κ3) is 1.93. The van der Waals surface area contributed by atoms with Crippen molar-refractivity contribution in [2.24, 2.45) is 0 Å². The number of nitrogens with one attached hydrogen (secondary N) is 1. The first-order valence-electron chi connectivity index (χ1n) is 4.17. The minimum Gasteiger partial charge on any atom is -0.358 e. The van der Waals surface area contributed by atoms with E-state index in [0.29, 0.717) is 0 Å². The molecule has 1 N–H and O–H groups in total. The highest BCUT2D eigenvalue weighted by Gasteiger charge is 2.24. The Morgan fingerprint density at radius 3 is 2.82 bits per heavy atom. The molecule has 0 aromatic carbocycles. The summed E-state index contributed by atoms with van der Waals surface area (Å²) in [4.78, 5) is 13.4. The Hall–Kier alpha value is -0.570. The third-order valence-corrected chi connectivity index (χ3v) is 2.32. The number of likely N-dealkylation sites (N-methyl/N-ethyl adjacent to an activating group) is 2. The lowest BCUT2D eigenvalue weighted by molar-refractivity contribution is -0.126. The summed E-state index contributed by atoms with van der Waals surface area (Å²) in [7, 11) is 3.71. The van der Waals surface area contributed by atoms with Crippen LogP contribution in [0.1, 0.15) is 19.3 Å². The van der Waals surface area contributed by atoms with Crippen LogP contribution in [0.4, 0.5) is 0 Å². The summed E-state index contributed by atoms with van der Waals surface area (Å²) in [5, 5.41) is 2.68. The molecule has 0 saturated carbocycles. The number of carbonyl (C=O) groups is 1. The second kappa shape index (κ2) is 3.72. The van der Waals surface area contributed by atoms with Crippen LogP contribution in [0.5, 0.6) is 0 Å². The Balaban J connectivity index is 2.47. The third-order valence-electron chi connectivity index (χ3n) is 2.32. The zero-order valence-electron chi connectivity index (χ0n) is 7.26. The molecule has 0 aliphatic carbocycles. The Bertz CT molecular complexity index is 147. The van der Waals surface area contributed by atoms with Gasteiger partial charge in [0, 0.05) is 7.05 Å². The molecular formula is C8H16N2O. The van der Waals surface area contributed by atoms with Crippen LogP contribution in [0.15, 0.2) is 0 Å². The minimum atomic E-state index is 0.119. The number of hydrogen-bond donors (Lipinski definition) is 1. The molecule has 1 aliphatic heterocycles. The van der Waals surface area contributed by atoms with Crippen molar-refractivity contribution < 1.29 is 4.79 Å². The van der Waals surface area contributed by atoms with E-state index in [0.717, 1.165) is 13.0 Å².